The normalized spacial score (nSPS) is 11.7. The molecule has 1 unspecified atom stereocenters. The summed E-state index contributed by atoms with van der Waals surface area (Å²) in [5.74, 6) is -3.07. The van der Waals surface area contributed by atoms with Gasteiger partial charge < -0.3 is 62.3 Å². The Labute approximate surface area is 384 Å². The lowest BCUT2D eigenvalue weighted by molar-refractivity contribution is 0.0871. The van der Waals surface area contributed by atoms with Crippen LogP contribution in [-0.4, -0.2) is 136 Å². The molecule has 18 nitrogen and oxygen atoms in total. The topological polar surface area (TPSA) is 290 Å². The van der Waals surface area contributed by atoms with E-state index in [1.54, 1.807) is 136 Å². The monoisotopic (exact) mass is 1420 g/mol. The second kappa shape index (κ2) is 23.2. The maximum atomic E-state index is 14.4. The molecular weight excluding hydrogens is 1390 g/mol. The quantitative estimate of drug-likeness (QED) is 0.0753. The molecule has 0 aromatic heterocycles. The number of hydrogen-bond donors (Lipinski definition) is 12. The van der Waals surface area contributed by atoms with Crippen LogP contribution >= 0.6 is 136 Å². The summed E-state index contributed by atoms with van der Waals surface area (Å²) in [6, 6.07) is -3.18. The molecule has 12 N–H and O–H groups in total. The van der Waals surface area contributed by atoms with Crippen molar-refractivity contribution in [2.24, 2.45) is 0 Å². The Hall–Kier alpha value is -0.310. The van der Waals surface area contributed by atoms with Gasteiger partial charge in [-0.1, -0.05) is 0 Å². The number of urea groups is 1. The molecule has 0 spiro atoms. The second-order valence-electron chi connectivity index (χ2n) is 10.6. The summed E-state index contributed by atoms with van der Waals surface area (Å²) in [5, 5.41) is 80.8. The van der Waals surface area contributed by atoms with Gasteiger partial charge >= 0.3 is 6.03 Å². The number of aliphatic hydroxyl groups is 7. The first-order valence-corrected chi connectivity index (χ1v) is 21.5. The molecule has 24 heteroatoms. The van der Waals surface area contributed by atoms with Crippen molar-refractivity contribution in [2.45, 2.75) is 25.2 Å². The van der Waals surface area contributed by atoms with E-state index >= 15 is 0 Å². The summed E-state index contributed by atoms with van der Waals surface area (Å²) in [4.78, 5) is 69.2. The van der Waals surface area contributed by atoms with E-state index in [0.29, 0.717) is 0 Å². The van der Waals surface area contributed by atoms with Crippen molar-refractivity contribution >= 4 is 177 Å². The maximum absolute atomic E-state index is 14.4. The number of amides is 6. The van der Waals surface area contributed by atoms with Crippen molar-refractivity contribution in [1.82, 2.24) is 21.3 Å². The SMILES string of the molecule is CC(O)N(C(=O)Nc1c(I)c(C(=O)NCCO)c(I)c(C(=O)NC(CO)CO)c1I)c1c(I)c(C(=O)NCCO)c(I)c(C(=O)NC(CO)CO)c1I. The number of carbonyl (C=O) groups is 5. The van der Waals surface area contributed by atoms with Crippen molar-refractivity contribution < 1.29 is 59.7 Å². The number of carbonyl (C=O) groups excluding carboxylic acids is 5. The van der Waals surface area contributed by atoms with E-state index in [2.05, 4.69) is 26.6 Å². The second-order valence-corrected chi connectivity index (χ2v) is 17.0. The number of nitrogens with one attached hydrogen (secondary N) is 5. The Kier molecular flexibility index (Phi) is 21.4. The lowest BCUT2D eigenvalue weighted by atomic mass is 10.1. The highest BCUT2D eigenvalue weighted by molar-refractivity contribution is 14.1. The predicted molar refractivity (Wildman–Crippen MR) is 242 cm³/mol. The van der Waals surface area contributed by atoms with Crippen LogP contribution in [0.4, 0.5) is 16.2 Å². The van der Waals surface area contributed by atoms with Crippen molar-refractivity contribution in [1.29, 1.82) is 0 Å². The van der Waals surface area contributed by atoms with Crippen LogP contribution in [0.15, 0.2) is 0 Å². The fourth-order valence-corrected chi connectivity index (χ4v) is 13.5. The van der Waals surface area contributed by atoms with Gasteiger partial charge in [-0.05, 0) is 142 Å². The molecule has 0 aliphatic rings. The van der Waals surface area contributed by atoms with Crippen LogP contribution in [0.5, 0.6) is 0 Å². The summed E-state index contributed by atoms with van der Waals surface area (Å²) < 4.78 is 0.719. The minimum absolute atomic E-state index is 0.0591. The first kappa shape index (κ1) is 48.8. The molecule has 0 aliphatic heterocycles. The maximum Gasteiger partial charge on any atom is 0.328 e. The Balaban J connectivity index is 2.96. The molecule has 0 aliphatic carbocycles. The van der Waals surface area contributed by atoms with Gasteiger partial charge in [-0.25, -0.2) is 4.79 Å². The van der Waals surface area contributed by atoms with E-state index in [1.165, 1.54) is 6.92 Å². The third-order valence-corrected chi connectivity index (χ3v) is 13.3. The first-order valence-electron chi connectivity index (χ1n) is 15.0. The van der Waals surface area contributed by atoms with Gasteiger partial charge in [0, 0.05) is 20.2 Å². The van der Waals surface area contributed by atoms with Crippen molar-refractivity contribution in [3.8, 4) is 0 Å². The third-order valence-electron chi connectivity index (χ3n) is 6.93. The van der Waals surface area contributed by atoms with E-state index in [4.69, 9.17) is 0 Å². The van der Waals surface area contributed by atoms with Gasteiger partial charge in [-0.3, -0.25) is 24.1 Å². The van der Waals surface area contributed by atoms with Crippen LogP contribution in [0, 0.1) is 21.4 Å². The molecule has 0 bridgehead atoms. The highest BCUT2D eigenvalue weighted by atomic mass is 127. The van der Waals surface area contributed by atoms with Crippen LogP contribution in [0.3, 0.4) is 0 Å². The molecule has 2 aromatic carbocycles. The average molecular weight is 1420 g/mol. The summed E-state index contributed by atoms with van der Waals surface area (Å²) in [5.41, 5.74) is -0.555. The predicted octanol–water partition coefficient (Wildman–Crippen LogP) is 0.301. The zero-order valence-corrected chi connectivity index (χ0v) is 40.2. The molecule has 0 radical (unpaired) electrons. The summed E-state index contributed by atoms with van der Waals surface area (Å²) in [6.07, 6.45) is -1.65. The lowest BCUT2D eigenvalue weighted by Gasteiger charge is -2.31. The molecule has 53 heavy (non-hydrogen) atoms. The van der Waals surface area contributed by atoms with E-state index < -0.39 is 87.6 Å². The molecule has 1 atom stereocenters. The van der Waals surface area contributed by atoms with E-state index in [1.807, 2.05) is 0 Å². The largest absolute Gasteiger partial charge is 0.395 e. The number of hydrogen-bond acceptors (Lipinski definition) is 12. The number of aliphatic hydroxyl groups excluding tert-OH is 7. The van der Waals surface area contributed by atoms with Gasteiger partial charge in [0.25, 0.3) is 23.6 Å². The van der Waals surface area contributed by atoms with Crippen molar-refractivity contribution in [2.75, 3.05) is 62.9 Å². The van der Waals surface area contributed by atoms with Crippen LogP contribution in [0.1, 0.15) is 48.4 Å². The summed E-state index contributed by atoms with van der Waals surface area (Å²) in [6.45, 7) is -2.31. The highest BCUT2D eigenvalue weighted by Crippen LogP contribution is 2.40. The lowest BCUT2D eigenvalue weighted by Crippen LogP contribution is -2.45. The van der Waals surface area contributed by atoms with Crippen LogP contribution in [0.2, 0.25) is 0 Å². The first-order chi connectivity index (χ1) is 25.0. The number of nitrogens with zero attached hydrogens (tertiary/aromatic N) is 1. The zero-order valence-electron chi connectivity index (χ0n) is 27.3. The van der Waals surface area contributed by atoms with Gasteiger partial charge in [0.2, 0.25) is 0 Å². The average Bonchev–Trinajstić information content (AvgIpc) is 3.10. The van der Waals surface area contributed by atoms with Crippen molar-refractivity contribution in [3.05, 3.63) is 43.7 Å². The Morgan fingerprint density at radius 1 is 0.566 bits per heavy atom. The van der Waals surface area contributed by atoms with Gasteiger partial charge in [0.1, 0.15) is 6.23 Å². The Morgan fingerprint density at radius 3 is 1.25 bits per heavy atom. The number of halogens is 6. The van der Waals surface area contributed by atoms with Crippen LogP contribution in [-0.2, 0) is 0 Å². The smallest absolute Gasteiger partial charge is 0.328 e. The Morgan fingerprint density at radius 2 is 0.906 bits per heavy atom. The molecule has 0 heterocycles. The molecule has 2 aromatic rings. The molecule has 6 amide bonds. The minimum Gasteiger partial charge on any atom is -0.395 e. The molecular formula is C29H34I6N6O12. The fraction of sp³-hybridized carbons (Fsp3) is 0.414. The molecule has 2 rings (SSSR count). The van der Waals surface area contributed by atoms with Gasteiger partial charge in [0.05, 0.1) is 99.6 Å². The molecule has 294 valence electrons. The molecule has 0 saturated carbocycles. The van der Waals surface area contributed by atoms with Gasteiger partial charge in [0.15, 0.2) is 0 Å². The minimum atomic E-state index is -1.65. The number of anilines is 2. The standard InChI is InChI=1S/C29H34I6N6O12/c1-10(48)41(24-21(34)15(26(50)37-3-5-43)18(31)16(22(24)35)28(52)39-12(8-46)9-47)29(53)40-23-19(32)13(25(49)36-2-4-42)17(30)14(20(23)33)27(51)38-11(6-44)7-45/h10-12,42-48H,2-9H2,1H3,(H,36,49)(H,37,50)(H,38,51)(H,39,52)(H,40,53). The molecule has 0 fully saturated rings. The summed E-state index contributed by atoms with van der Waals surface area (Å²) >= 11 is 10.7. The number of rotatable bonds is 17. The van der Waals surface area contributed by atoms with E-state index in [0.717, 1.165) is 4.90 Å². The fourth-order valence-electron chi connectivity index (χ4n) is 4.39. The summed E-state index contributed by atoms with van der Waals surface area (Å²) in [7, 11) is 0. The van der Waals surface area contributed by atoms with Gasteiger partial charge in [-0.2, -0.15) is 0 Å². The van der Waals surface area contributed by atoms with Crippen LogP contribution < -0.4 is 31.5 Å². The van der Waals surface area contributed by atoms with Crippen molar-refractivity contribution in [3.63, 3.8) is 0 Å². The van der Waals surface area contributed by atoms with E-state index in [9.17, 15) is 59.7 Å². The van der Waals surface area contributed by atoms with Crippen LogP contribution in [0.25, 0.3) is 0 Å². The van der Waals surface area contributed by atoms with E-state index in [-0.39, 0.29) is 68.1 Å². The molecule has 0 saturated heterocycles. The third kappa shape index (κ3) is 11.9. The number of benzene rings is 2. The van der Waals surface area contributed by atoms with Gasteiger partial charge in [-0.15, -0.1) is 0 Å². The zero-order chi connectivity index (χ0) is 40.3. The highest BCUT2D eigenvalue weighted by Gasteiger charge is 2.36. The Bertz CT molecular complexity index is 1710.